The molecule has 0 fully saturated rings. The second-order valence-electron chi connectivity index (χ2n) is 3.94. The molecule has 0 aromatic carbocycles. The van der Waals surface area contributed by atoms with Gasteiger partial charge < -0.3 is 15.1 Å². The largest absolute Gasteiger partial charge is 0.445 e. The number of urea groups is 1. The number of terminal acetylenes is 1. The van der Waals surface area contributed by atoms with Crippen molar-refractivity contribution in [1.29, 1.82) is 0 Å². The molecule has 0 aliphatic heterocycles. The van der Waals surface area contributed by atoms with Gasteiger partial charge in [0.05, 0.1) is 18.7 Å². The van der Waals surface area contributed by atoms with Crippen LogP contribution in [0.5, 0.6) is 0 Å². The maximum Gasteiger partial charge on any atom is 0.445 e. The minimum atomic E-state index is -0.851. The molecule has 0 spiro atoms. The van der Waals surface area contributed by atoms with Gasteiger partial charge in [-0.25, -0.2) is 19.4 Å². The lowest BCUT2D eigenvalue weighted by Gasteiger charge is -2.22. The Balaban J connectivity index is 4.28. The van der Waals surface area contributed by atoms with Gasteiger partial charge in [-0.1, -0.05) is 18.1 Å². The van der Waals surface area contributed by atoms with Crippen molar-refractivity contribution in [2.24, 2.45) is 0 Å². The Bertz CT molecular complexity index is 491. The van der Waals surface area contributed by atoms with Crippen LogP contribution in [0, 0.1) is 12.3 Å². The zero-order chi connectivity index (χ0) is 17.3. The van der Waals surface area contributed by atoms with E-state index in [-0.39, 0.29) is 11.5 Å². The van der Waals surface area contributed by atoms with Gasteiger partial charge in [-0.15, -0.1) is 6.42 Å². The van der Waals surface area contributed by atoms with E-state index in [2.05, 4.69) is 21.6 Å². The summed E-state index contributed by atoms with van der Waals surface area (Å²) in [6, 6.07) is -0.478. The van der Waals surface area contributed by atoms with Crippen molar-refractivity contribution in [2.45, 2.75) is 0 Å². The molecule has 0 unspecified atom stereocenters. The number of carbonyl (C=O) groups excluding carboxylic acids is 3. The number of amides is 4. The standard InChI is InChI=1S/C11H17N5O4S2/c1-6-7-12-10(18)15(4)22-16(5)11(19)20-13-8(21)9(17)14(2)3/h1H,7H2,2-5H3,(H,12,18)(H,13,21). The summed E-state index contributed by atoms with van der Waals surface area (Å²) in [5.41, 5.74) is 2.07. The Morgan fingerprint density at radius 3 is 2.32 bits per heavy atom. The average molecular weight is 347 g/mol. The Morgan fingerprint density at radius 1 is 1.23 bits per heavy atom. The van der Waals surface area contributed by atoms with E-state index in [1.54, 1.807) is 0 Å². The monoisotopic (exact) mass is 347 g/mol. The van der Waals surface area contributed by atoms with Crippen LogP contribution in [0.25, 0.3) is 0 Å². The number of thiocarbonyl (C=S) groups is 1. The summed E-state index contributed by atoms with van der Waals surface area (Å²) in [5, 5.41) is 2.42. The molecule has 0 aliphatic rings. The molecule has 0 saturated carbocycles. The Labute approximate surface area is 138 Å². The van der Waals surface area contributed by atoms with E-state index >= 15 is 0 Å². The molecule has 0 radical (unpaired) electrons. The molecule has 122 valence electrons. The fraction of sp³-hybridized carbons (Fsp3) is 0.455. The molecule has 0 aromatic rings. The van der Waals surface area contributed by atoms with Gasteiger partial charge >= 0.3 is 12.1 Å². The Kier molecular flexibility index (Phi) is 8.73. The first kappa shape index (κ1) is 19.8. The summed E-state index contributed by atoms with van der Waals surface area (Å²) in [6.45, 7) is 0.0698. The van der Waals surface area contributed by atoms with E-state index in [4.69, 9.17) is 18.6 Å². The summed E-state index contributed by atoms with van der Waals surface area (Å²) >= 11 is 5.50. The molecular weight excluding hydrogens is 330 g/mol. The van der Waals surface area contributed by atoms with Crippen LogP contribution in [-0.4, -0.2) is 71.3 Å². The number of likely N-dealkylation sites (N-methyl/N-ethyl adjacent to an activating group) is 1. The summed E-state index contributed by atoms with van der Waals surface area (Å²) in [6.07, 6.45) is 4.16. The number of hydroxylamine groups is 1. The first-order valence-corrected chi connectivity index (χ1v) is 6.93. The predicted molar refractivity (Wildman–Crippen MR) is 86.3 cm³/mol. The first-order chi connectivity index (χ1) is 10.2. The summed E-state index contributed by atoms with van der Waals surface area (Å²) in [5.74, 6) is 1.74. The molecule has 22 heavy (non-hydrogen) atoms. The fourth-order valence-corrected chi connectivity index (χ4v) is 1.73. The topological polar surface area (TPSA) is 94.2 Å². The minimum Gasteiger partial charge on any atom is -0.343 e. The van der Waals surface area contributed by atoms with E-state index in [0.29, 0.717) is 0 Å². The summed E-state index contributed by atoms with van der Waals surface area (Å²) in [7, 11) is 5.82. The van der Waals surface area contributed by atoms with E-state index in [0.717, 1.165) is 20.7 Å². The van der Waals surface area contributed by atoms with E-state index in [9.17, 15) is 14.4 Å². The van der Waals surface area contributed by atoms with Crippen molar-refractivity contribution < 1.29 is 19.2 Å². The van der Waals surface area contributed by atoms with Gasteiger partial charge in [-0.3, -0.25) is 9.10 Å². The Morgan fingerprint density at radius 2 is 1.82 bits per heavy atom. The molecule has 0 rings (SSSR count). The van der Waals surface area contributed by atoms with Crippen LogP contribution >= 0.6 is 24.4 Å². The van der Waals surface area contributed by atoms with Crippen LogP contribution in [0.3, 0.4) is 0 Å². The third kappa shape index (κ3) is 7.00. The molecule has 9 nitrogen and oxygen atoms in total. The number of nitrogens with one attached hydrogen (secondary N) is 2. The number of hydrogen-bond donors (Lipinski definition) is 2. The van der Waals surface area contributed by atoms with Crippen molar-refractivity contribution in [1.82, 2.24) is 24.3 Å². The van der Waals surface area contributed by atoms with Crippen molar-refractivity contribution in [3.8, 4) is 12.3 Å². The van der Waals surface area contributed by atoms with E-state index < -0.39 is 18.0 Å². The van der Waals surface area contributed by atoms with Gasteiger partial charge in [0.1, 0.15) is 0 Å². The van der Waals surface area contributed by atoms with Crippen molar-refractivity contribution in [3.63, 3.8) is 0 Å². The lowest BCUT2D eigenvalue weighted by Crippen LogP contribution is -2.41. The SMILES string of the molecule is C#CCNC(=O)N(C)SN(C)C(=O)ONC(=S)C(=O)N(C)C. The third-order valence-electron chi connectivity index (χ3n) is 1.96. The van der Waals surface area contributed by atoms with Gasteiger partial charge in [0, 0.05) is 28.2 Å². The number of carbonyl (C=O) groups is 3. The number of hydrogen-bond acceptors (Lipinski definition) is 6. The average Bonchev–Trinajstić information content (AvgIpc) is 2.48. The summed E-state index contributed by atoms with van der Waals surface area (Å²) in [4.78, 5) is 40.2. The zero-order valence-electron chi connectivity index (χ0n) is 12.6. The predicted octanol–water partition coefficient (Wildman–Crippen LogP) is -0.187. The molecule has 0 saturated heterocycles. The van der Waals surface area contributed by atoms with Crippen LogP contribution in [0.15, 0.2) is 0 Å². The van der Waals surface area contributed by atoms with Crippen LogP contribution in [0.4, 0.5) is 9.59 Å². The smallest absolute Gasteiger partial charge is 0.343 e. The first-order valence-electron chi connectivity index (χ1n) is 5.80. The number of nitrogens with zero attached hydrogens (tertiary/aromatic N) is 3. The van der Waals surface area contributed by atoms with Crippen LogP contribution in [-0.2, 0) is 9.63 Å². The van der Waals surface area contributed by atoms with Crippen molar-refractivity contribution in [3.05, 3.63) is 0 Å². The highest BCUT2D eigenvalue weighted by atomic mass is 32.2. The molecule has 11 heteroatoms. The molecule has 4 amide bonds. The van der Waals surface area contributed by atoms with Crippen LogP contribution < -0.4 is 10.8 Å². The van der Waals surface area contributed by atoms with Gasteiger partial charge in [-0.05, 0) is 0 Å². The van der Waals surface area contributed by atoms with Gasteiger partial charge in [-0.2, -0.15) is 0 Å². The molecular formula is C11H17N5O4S2. The van der Waals surface area contributed by atoms with E-state index in [1.165, 1.54) is 33.1 Å². The highest BCUT2D eigenvalue weighted by Gasteiger charge is 2.19. The highest BCUT2D eigenvalue weighted by molar-refractivity contribution is 7.95. The second kappa shape index (κ2) is 9.69. The maximum atomic E-state index is 11.7. The third-order valence-corrected chi connectivity index (χ3v) is 3.02. The Hall–Kier alpha value is -2.19. The van der Waals surface area contributed by atoms with Crippen molar-refractivity contribution in [2.75, 3.05) is 34.7 Å². The zero-order valence-corrected chi connectivity index (χ0v) is 14.2. The maximum absolute atomic E-state index is 11.7. The van der Waals surface area contributed by atoms with Crippen LogP contribution in [0.1, 0.15) is 0 Å². The van der Waals surface area contributed by atoms with E-state index in [1.807, 2.05) is 0 Å². The molecule has 0 aliphatic carbocycles. The molecule has 0 heterocycles. The minimum absolute atomic E-state index is 0.0698. The van der Waals surface area contributed by atoms with Crippen LogP contribution in [0.2, 0.25) is 0 Å². The number of rotatable bonds is 3. The van der Waals surface area contributed by atoms with Crippen molar-refractivity contribution >= 4 is 47.4 Å². The normalized spacial score (nSPS) is 9.05. The fourth-order valence-electron chi connectivity index (χ4n) is 0.893. The molecule has 0 bridgehead atoms. The molecule has 0 atom stereocenters. The van der Waals surface area contributed by atoms with Gasteiger partial charge in [0.15, 0.2) is 4.99 Å². The van der Waals surface area contributed by atoms with Gasteiger partial charge in [0.2, 0.25) is 0 Å². The lowest BCUT2D eigenvalue weighted by atomic mass is 10.6. The summed E-state index contributed by atoms with van der Waals surface area (Å²) < 4.78 is 2.16. The quantitative estimate of drug-likeness (QED) is 0.316. The lowest BCUT2D eigenvalue weighted by molar-refractivity contribution is -0.122. The second-order valence-corrected chi connectivity index (χ2v) is 5.61. The van der Waals surface area contributed by atoms with Gasteiger partial charge in [0.25, 0.3) is 5.91 Å². The molecule has 0 aromatic heterocycles. The highest BCUT2D eigenvalue weighted by Crippen LogP contribution is 2.12. The molecule has 2 N–H and O–H groups in total.